The van der Waals surface area contributed by atoms with Gasteiger partial charge in [0.1, 0.15) is 11.4 Å². The van der Waals surface area contributed by atoms with Crippen LogP contribution in [0.1, 0.15) is 31.7 Å². The van der Waals surface area contributed by atoms with E-state index in [1.54, 1.807) is 11.6 Å². The van der Waals surface area contributed by atoms with Crippen LogP contribution in [0.3, 0.4) is 0 Å². The quantitative estimate of drug-likeness (QED) is 0.607. The summed E-state index contributed by atoms with van der Waals surface area (Å²) in [6.45, 7) is 6.17. The Hall–Kier alpha value is -1.43. The summed E-state index contributed by atoms with van der Waals surface area (Å²) in [5.74, 6) is 0. The standard InChI is InChI=1S/C10H18N4O2/c1-4-8(11)6-9-10(14(15)16)7(3)12-13(9)5-2/h8H,4-6,11H2,1-3H3. The molecule has 6 nitrogen and oxygen atoms in total. The maximum atomic E-state index is 11.0. The van der Waals surface area contributed by atoms with Crippen molar-refractivity contribution < 1.29 is 4.92 Å². The van der Waals surface area contributed by atoms with Crippen LogP contribution in [-0.2, 0) is 13.0 Å². The molecule has 0 aliphatic rings. The molecule has 1 unspecified atom stereocenters. The van der Waals surface area contributed by atoms with Gasteiger partial charge in [-0.15, -0.1) is 0 Å². The Kier molecular flexibility index (Phi) is 4.00. The second-order valence-corrected chi connectivity index (χ2v) is 3.83. The van der Waals surface area contributed by atoms with Crippen LogP contribution in [-0.4, -0.2) is 20.7 Å². The third kappa shape index (κ3) is 2.38. The van der Waals surface area contributed by atoms with Gasteiger partial charge in [0.25, 0.3) is 0 Å². The second-order valence-electron chi connectivity index (χ2n) is 3.83. The minimum atomic E-state index is -0.369. The van der Waals surface area contributed by atoms with Crippen molar-refractivity contribution in [3.05, 3.63) is 21.5 Å². The van der Waals surface area contributed by atoms with Crippen LogP contribution in [0.4, 0.5) is 5.69 Å². The summed E-state index contributed by atoms with van der Waals surface area (Å²) in [7, 11) is 0. The first-order valence-corrected chi connectivity index (χ1v) is 5.47. The largest absolute Gasteiger partial charge is 0.327 e. The van der Waals surface area contributed by atoms with Crippen molar-refractivity contribution in [1.29, 1.82) is 0 Å². The van der Waals surface area contributed by atoms with Crippen LogP contribution in [0.2, 0.25) is 0 Å². The average Bonchev–Trinajstić information content (AvgIpc) is 2.54. The molecule has 1 aromatic rings. The van der Waals surface area contributed by atoms with Crippen LogP contribution < -0.4 is 5.73 Å². The van der Waals surface area contributed by atoms with Crippen LogP contribution in [0.15, 0.2) is 0 Å². The zero-order chi connectivity index (χ0) is 12.3. The van der Waals surface area contributed by atoms with Crippen LogP contribution in [0.25, 0.3) is 0 Å². The molecule has 0 aromatic carbocycles. The van der Waals surface area contributed by atoms with Gasteiger partial charge in [-0.25, -0.2) is 0 Å². The highest BCUT2D eigenvalue weighted by atomic mass is 16.6. The lowest BCUT2D eigenvalue weighted by atomic mass is 10.1. The van der Waals surface area contributed by atoms with Gasteiger partial charge in [0.05, 0.1) is 4.92 Å². The first kappa shape index (κ1) is 12.6. The van der Waals surface area contributed by atoms with E-state index in [0.29, 0.717) is 24.4 Å². The maximum Gasteiger partial charge on any atom is 0.313 e. The molecule has 0 amide bonds. The Morgan fingerprint density at radius 2 is 2.19 bits per heavy atom. The lowest BCUT2D eigenvalue weighted by molar-refractivity contribution is -0.386. The Bertz CT molecular complexity index is 386. The van der Waals surface area contributed by atoms with E-state index in [4.69, 9.17) is 5.73 Å². The van der Waals surface area contributed by atoms with Gasteiger partial charge in [0, 0.05) is 19.0 Å². The highest BCUT2D eigenvalue weighted by molar-refractivity contribution is 5.41. The van der Waals surface area contributed by atoms with Gasteiger partial charge < -0.3 is 5.73 Å². The van der Waals surface area contributed by atoms with E-state index in [1.807, 2.05) is 13.8 Å². The van der Waals surface area contributed by atoms with Crippen molar-refractivity contribution in [2.24, 2.45) is 5.73 Å². The number of aryl methyl sites for hydroxylation is 2. The predicted molar refractivity (Wildman–Crippen MR) is 61.3 cm³/mol. The minimum absolute atomic E-state index is 0.0555. The molecule has 0 aliphatic heterocycles. The van der Waals surface area contributed by atoms with Gasteiger partial charge >= 0.3 is 5.69 Å². The molecule has 0 saturated heterocycles. The van der Waals surface area contributed by atoms with Crippen molar-refractivity contribution in [2.45, 2.75) is 46.2 Å². The molecule has 0 radical (unpaired) electrons. The number of rotatable bonds is 5. The average molecular weight is 226 g/mol. The van der Waals surface area contributed by atoms with Crippen molar-refractivity contribution in [3.63, 3.8) is 0 Å². The molecular formula is C10H18N4O2. The Morgan fingerprint density at radius 3 is 2.62 bits per heavy atom. The number of aromatic nitrogens is 2. The molecule has 1 rings (SSSR count). The van der Waals surface area contributed by atoms with Crippen molar-refractivity contribution in [2.75, 3.05) is 0 Å². The third-order valence-electron chi connectivity index (χ3n) is 2.66. The van der Waals surface area contributed by atoms with Crippen molar-refractivity contribution >= 4 is 5.69 Å². The van der Waals surface area contributed by atoms with E-state index in [9.17, 15) is 10.1 Å². The molecule has 2 N–H and O–H groups in total. The van der Waals surface area contributed by atoms with Gasteiger partial charge in [-0.3, -0.25) is 14.8 Å². The predicted octanol–water partition coefficient (Wildman–Crippen LogP) is 1.40. The van der Waals surface area contributed by atoms with Crippen molar-refractivity contribution in [3.8, 4) is 0 Å². The highest BCUT2D eigenvalue weighted by Crippen LogP contribution is 2.24. The number of hydrogen-bond acceptors (Lipinski definition) is 4. The monoisotopic (exact) mass is 226 g/mol. The number of hydrogen-bond donors (Lipinski definition) is 1. The number of nitrogens with two attached hydrogens (primary N) is 1. The summed E-state index contributed by atoms with van der Waals surface area (Å²) in [5, 5.41) is 15.1. The van der Waals surface area contributed by atoms with Crippen LogP contribution in [0.5, 0.6) is 0 Å². The molecule has 16 heavy (non-hydrogen) atoms. The smallest absolute Gasteiger partial charge is 0.313 e. The van der Waals surface area contributed by atoms with Gasteiger partial charge in [-0.2, -0.15) is 5.10 Å². The Morgan fingerprint density at radius 1 is 1.56 bits per heavy atom. The first-order valence-electron chi connectivity index (χ1n) is 5.47. The summed E-state index contributed by atoms with van der Waals surface area (Å²) in [5.41, 5.74) is 7.06. The molecule has 0 saturated carbocycles. The Labute approximate surface area is 94.6 Å². The van der Waals surface area contributed by atoms with E-state index in [1.165, 1.54) is 0 Å². The first-order chi connectivity index (χ1) is 7.51. The topological polar surface area (TPSA) is 87.0 Å². The summed E-state index contributed by atoms with van der Waals surface area (Å²) < 4.78 is 1.67. The van der Waals surface area contributed by atoms with E-state index >= 15 is 0 Å². The highest BCUT2D eigenvalue weighted by Gasteiger charge is 2.25. The van der Waals surface area contributed by atoms with Gasteiger partial charge in [-0.1, -0.05) is 6.92 Å². The lowest BCUT2D eigenvalue weighted by Gasteiger charge is -2.09. The molecule has 90 valence electrons. The summed E-state index contributed by atoms with van der Waals surface area (Å²) in [6.07, 6.45) is 1.30. The van der Waals surface area contributed by atoms with E-state index < -0.39 is 0 Å². The molecule has 0 bridgehead atoms. The molecule has 1 heterocycles. The van der Waals surface area contributed by atoms with Crippen LogP contribution in [0, 0.1) is 17.0 Å². The normalized spacial score (nSPS) is 12.8. The summed E-state index contributed by atoms with van der Waals surface area (Å²) in [6, 6.07) is -0.0555. The fraction of sp³-hybridized carbons (Fsp3) is 0.700. The molecule has 0 spiro atoms. The summed E-state index contributed by atoms with van der Waals surface area (Å²) in [4.78, 5) is 10.6. The van der Waals surface area contributed by atoms with Gasteiger partial charge in [0.2, 0.25) is 0 Å². The molecule has 0 aliphatic carbocycles. The van der Waals surface area contributed by atoms with Crippen LogP contribution >= 0.6 is 0 Å². The molecule has 6 heteroatoms. The Balaban J connectivity index is 3.16. The lowest BCUT2D eigenvalue weighted by Crippen LogP contribution is -2.23. The molecule has 0 fully saturated rings. The molecule has 1 atom stereocenters. The van der Waals surface area contributed by atoms with Gasteiger partial charge in [0.15, 0.2) is 0 Å². The van der Waals surface area contributed by atoms with Crippen molar-refractivity contribution in [1.82, 2.24) is 9.78 Å². The zero-order valence-electron chi connectivity index (χ0n) is 9.93. The SMILES string of the molecule is CCC(N)Cc1c([N+](=O)[O-])c(C)nn1CC. The van der Waals surface area contributed by atoms with Gasteiger partial charge in [-0.05, 0) is 20.3 Å². The van der Waals surface area contributed by atoms with E-state index in [2.05, 4.69) is 5.10 Å². The summed E-state index contributed by atoms with van der Waals surface area (Å²) >= 11 is 0. The number of nitrogens with zero attached hydrogens (tertiary/aromatic N) is 3. The molecule has 1 aromatic heterocycles. The second kappa shape index (κ2) is 5.07. The third-order valence-corrected chi connectivity index (χ3v) is 2.66. The fourth-order valence-electron chi connectivity index (χ4n) is 1.71. The zero-order valence-corrected chi connectivity index (χ0v) is 9.93. The fourth-order valence-corrected chi connectivity index (χ4v) is 1.71. The minimum Gasteiger partial charge on any atom is -0.327 e. The van der Waals surface area contributed by atoms with E-state index in [0.717, 1.165) is 6.42 Å². The number of nitro groups is 1. The molecular weight excluding hydrogens is 208 g/mol. The van der Waals surface area contributed by atoms with E-state index in [-0.39, 0.29) is 16.7 Å². The maximum absolute atomic E-state index is 11.0.